The fourth-order valence-corrected chi connectivity index (χ4v) is 4.71. The highest BCUT2D eigenvalue weighted by atomic mass is 19.1. The maximum absolute atomic E-state index is 14.3. The fourth-order valence-electron chi connectivity index (χ4n) is 4.71. The Balaban J connectivity index is 1.69. The minimum absolute atomic E-state index is 0.0617. The number of halogens is 3. The van der Waals surface area contributed by atoms with Crippen molar-refractivity contribution in [1.29, 1.82) is 0 Å². The molecule has 2 heterocycles. The lowest BCUT2D eigenvalue weighted by atomic mass is 10.00. The molecule has 0 saturated heterocycles. The Morgan fingerprint density at radius 2 is 1.84 bits per heavy atom. The van der Waals surface area contributed by atoms with E-state index in [-0.39, 0.29) is 23.7 Å². The van der Waals surface area contributed by atoms with Crippen molar-refractivity contribution in [2.24, 2.45) is 0 Å². The number of nitrogens with zero attached hydrogens (tertiary/aromatic N) is 3. The zero-order valence-corrected chi connectivity index (χ0v) is 16.8. The molecule has 1 aliphatic heterocycles. The number of benzene rings is 2. The van der Waals surface area contributed by atoms with E-state index in [2.05, 4.69) is 0 Å². The van der Waals surface area contributed by atoms with Gasteiger partial charge in [-0.3, -0.25) is 9.48 Å². The molecule has 0 saturated carbocycles. The molecule has 3 aromatic rings. The van der Waals surface area contributed by atoms with Crippen molar-refractivity contribution in [3.63, 3.8) is 0 Å². The molecule has 8 heteroatoms. The quantitative estimate of drug-likeness (QED) is 0.682. The molecule has 2 atom stereocenters. The molecule has 0 fully saturated rings. The summed E-state index contributed by atoms with van der Waals surface area (Å²) >= 11 is 0. The molecule has 2 aliphatic rings. The first-order chi connectivity index (χ1) is 14.8. The van der Waals surface area contributed by atoms with Crippen molar-refractivity contribution in [2.75, 3.05) is 6.54 Å². The Morgan fingerprint density at radius 3 is 2.55 bits per heavy atom. The number of aromatic nitrogens is 2. The summed E-state index contributed by atoms with van der Waals surface area (Å²) in [7, 11) is 0. The Hall–Kier alpha value is -3.13. The molecule has 160 valence electrons. The normalized spacial score (nSPS) is 20.0. The Morgan fingerprint density at radius 1 is 1.10 bits per heavy atom. The molecular weight excluding hydrogens is 407 g/mol. The third-order valence-corrected chi connectivity index (χ3v) is 6.20. The SMILES string of the molecule is CC(=O)N1CCc2c(c(-c3ccc(F)cc3)nn2[C@@H]2c3cc(F)cc(F)c3C[C@@H]2O)C1. The highest BCUT2D eigenvalue weighted by Crippen LogP contribution is 2.40. The second kappa shape index (κ2) is 7.23. The van der Waals surface area contributed by atoms with E-state index in [1.165, 1.54) is 25.1 Å². The van der Waals surface area contributed by atoms with E-state index >= 15 is 0 Å². The molecule has 0 radical (unpaired) electrons. The number of rotatable bonds is 2. The van der Waals surface area contributed by atoms with E-state index in [1.54, 1.807) is 21.7 Å². The lowest BCUT2D eigenvalue weighted by Gasteiger charge is -2.28. The summed E-state index contributed by atoms with van der Waals surface area (Å²) in [6.07, 6.45) is -0.423. The molecule has 0 spiro atoms. The first-order valence-electron chi connectivity index (χ1n) is 10.1. The van der Waals surface area contributed by atoms with Crippen molar-refractivity contribution in [3.05, 3.63) is 76.2 Å². The highest BCUT2D eigenvalue weighted by molar-refractivity contribution is 5.74. The molecule has 31 heavy (non-hydrogen) atoms. The number of amides is 1. The van der Waals surface area contributed by atoms with Gasteiger partial charge in [0, 0.05) is 55.7 Å². The molecule has 1 aliphatic carbocycles. The molecule has 5 rings (SSSR count). The zero-order valence-electron chi connectivity index (χ0n) is 16.8. The smallest absolute Gasteiger partial charge is 0.219 e. The van der Waals surface area contributed by atoms with Gasteiger partial charge in [-0.05, 0) is 41.5 Å². The van der Waals surface area contributed by atoms with Gasteiger partial charge in [-0.1, -0.05) is 0 Å². The Bertz CT molecular complexity index is 1190. The number of aliphatic hydroxyl groups excluding tert-OH is 1. The second-order valence-electron chi connectivity index (χ2n) is 8.09. The minimum atomic E-state index is -0.970. The van der Waals surface area contributed by atoms with E-state index in [9.17, 15) is 23.1 Å². The number of aliphatic hydroxyl groups is 1. The minimum Gasteiger partial charge on any atom is -0.390 e. The van der Waals surface area contributed by atoms with E-state index in [1.807, 2.05) is 0 Å². The summed E-state index contributed by atoms with van der Waals surface area (Å²) in [5, 5.41) is 15.5. The zero-order chi connectivity index (χ0) is 21.9. The fraction of sp³-hybridized carbons (Fsp3) is 0.304. The first-order valence-corrected chi connectivity index (χ1v) is 10.1. The van der Waals surface area contributed by atoms with Gasteiger partial charge in [0.2, 0.25) is 5.91 Å². The maximum Gasteiger partial charge on any atom is 0.219 e. The van der Waals surface area contributed by atoms with Crippen molar-refractivity contribution in [3.8, 4) is 11.3 Å². The van der Waals surface area contributed by atoms with Crippen molar-refractivity contribution < 1.29 is 23.1 Å². The van der Waals surface area contributed by atoms with Crippen LogP contribution in [0.25, 0.3) is 11.3 Å². The number of carbonyl (C=O) groups excluding carboxylic acids is 1. The molecule has 1 amide bonds. The number of fused-ring (bicyclic) bond motifs is 2. The third kappa shape index (κ3) is 3.22. The lowest BCUT2D eigenvalue weighted by Crippen LogP contribution is -2.35. The van der Waals surface area contributed by atoms with E-state index in [0.717, 1.165) is 17.3 Å². The molecule has 2 aromatic carbocycles. The van der Waals surface area contributed by atoms with Crippen LogP contribution in [0.4, 0.5) is 13.2 Å². The summed E-state index contributed by atoms with van der Waals surface area (Å²) in [5.41, 5.74) is 3.49. The third-order valence-electron chi connectivity index (χ3n) is 6.20. The second-order valence-corrected chi connectivity index (χ2v) is 8.09. The molecule has 1 N–H and O–H groups in total. The van der Waals surface area contributed by atoms with Gasteiger partial charge in [0.1, 0.15) is 23.5 Å². The van der Waals surface area contributed by atoms with Crippen LogP contribution in [0.15, 0.2) is 36.4 Å². The van der Waals surface area contributed by atoms with Crippen LogP contribution >= 0.6 is 0 Å². The maximum atomic E-state index is 14.3. The van der Waals surface area contributed by atoms with Gasteiger partial charge in [-0.15, -0.1) is 0 Å². The first kappa shape index (κ1) is 19.8. The average molecular weight is 427 g/mol. The summed E-state index contributed by atoms with van der Waals surface area (Å²) in [5.74, 6) is -1.84. The number of hydrogen-bond donors (Lipinski definition) is 1. The monoisotopic (exact) mass is 427 g/mol. The van der Waals surface area contributed by atoms with Gasteiger partial charge in [-0.25, -0.2) is 13.2 Å². The summed E-state index contributed by atoms with van der Waals surface area (Å²) in [6, 6.07) is 7.19. The Kier molecular flexibility index (Phi) is 4.62. The van der Waals surface area contributed by atoms with Crippen LogP contribution < -0.4 is 0 Å². The summed E-state index contributed by atoms with van der Waals surface area (Å²) < 4.78 is 43.4. The van der Waals surface area contributed by atoms with Crippen LogP contribution in [-0.2, 0) is 24.2 Å². The van der Waals surface area contributed by atoms with Crippen molar-refractivity contribution >= 4 is 5.91 Å². The number of carbonyl (C=O) groups is 1. The van der Waals surface area contributed by atoms with Crippen LogP contribution in [0.3, 0.4) is 0 Å². The topological polar surface area (TPSA) is 58.4 Å². The molecule has 0 unspecified atom stereocenters. The van der Waals surface area contributed by atoms with Crippen LogP contribution in [0.1, 0.15) is 35.3 Å². The van der Waals surface area contributed by atoms with E-state index < -0.39 is 23.8 Å². The lowest BCUT2D eigenvalue weighted by molar-refractivity contribution is -0.129. The number of hydrogen-bond acceptors (Lipinski definition) is 3. The van der Waals surface area contributed by atoms with Crippen LogP contribution in [0.2, 0.25) is 0 Å². The van der Waals surface area contributed by atoms with Crippen molar-refractivity contribution in [2.45, 2.75) is 38.5 Å². The predicted molar refractivity (Wildman–Crippen MR) is 107 cm³/mol. The van der Waals surface area contributed by atoms with Gasteiger partial charge >= 0.3 is 0 Å². The van der Waals surface area contributed by atoms with Gasteiger partial charge < -0.3 is 10.0 Å². The van der Waals surface area contributed by atoms with Gasteiger partial charge in [0.05, 0.1) is 11.8 Å². The van der Waals surface area contributed by atoms with Gasteiger partial charge in [0.25, 0.3) is 0 Å². The largest absolute Gasteiger partial charge is 0.390 e. The van der Waals surface area contributed by atoms with Crippen LogP contribution in [0, 0.1) is 17.5 Å². The molecular formula is C23H20F3N3O2. The van der Waals surface area contributed by atoms with Crippen molar-refractivity contribution in [1.82, 2.24) is 14.7 Å². The summed E-state index contributed by atoms with van der Waals surface area (Å²) in [4.78, 5) is 13.7. The van der Waals surface area contributed by atoms with Gasteiger partial charge in [0.15, 0.2) is 0 Å². The van der Waals surface area contributed by atoms with Gasteiger partial charge in [-0.2, -0.15) is 5.10 Å². The summed E-state index contributed by atoms with van der Waals surface area (Å²) in [6.45, 7) is 2.30. The standard InChI is InChI=1S/C23H20F3N3O2/c1-12(30)28-7-6-20-18(11-28)22(13-2-4-14(24)5-3-13)27-29(20)23-17-8-15(25)9-19(26)16(17)10-21(23)31/h2-5,8-9,21,23,31H,6-7,10-11H2,1H3/t21-,23+/m0/s1. The average Bonchev–Trinajstić information content (AvgIpc) is 3.25. The van der Waals surface area contributed by atoms with Crippen LogP contribution in [0.5, 0.6) is 0 Å². The molecule has 0 bridgehead atoms. The molecule has 1 aromatic heterocycles. The Labute approximate surface area is 176 Å². The van der Waals surface area contributed by atoms with Crippen LogP contribution in [-0.4, -0.2) is 38.3 Å². The predicted octanol–water partition coefficient (Wildman–Crippen LogP) is 3.38. The van der Waals surface area contributed by atoms with E-state index in [0.29, 0.717) is 36.3 Å². The van der Waals surface area contributed by atoms with E-state index in [4.69, 9.17) is 5.10 Å². The highest BCUT2D eigenvalue weighted by Gasteiger charge is 2.39. The molecule has 5 nitrogen and oxygen atoms in total.